The molecule has 1 aromatic carbocycles. The molecule has 0 bridgehead atoms. The lowest BCUT2D eigenvalue weighted by molar-refractivity contribution is 0.301. The molecular weight excluding hydrogens is 374 g/mol. The quantitative estimate of drug-likeness (QED) is 0.498. The van der Waals surface area contributed by atoms with Crippen molar-refractivity contribution in [2.24, 2.45) is 5.10 Å². The summed E-state index contributed by atoms with van der Waals surface area (Å²) in [6.45, 7) is 7.43. The summed E-state index contributed by atoms with van der Waals surface area (Å²) < 4.78 is 12.8. The molecule has 28 heavy (non-hydrogen) atoms. The van der Waals surface area contributed by atoms with Crippen molar-refractivity contribution in [3.05, 3.63) is 51.4 Å². The number of nitrogens with zero attached hydrogens (tertiary/aromatic N) is 3. The number of aryl methyl sites for hydroxylation is 1. The summed E-state index contributed by atoms with van der Waals surface area (Å²) in [5, 5.41) is 4.93. The second kappa shape index (κ2) is 9.50. The van der Waals surface area contributed by atoms with Gasteiger partial charge in [-0.15, -0.1) is 11.3 Å². The highest BCUT2D eigenvalue weighted by molar-refractivity contribution is 7.18. The minimum atomic E-state index is -0.170. The van der Waals surface area contributed by atoms with E-state index in [1.54, 1.807) is 17.6 Å². The van der Waals surface area contributed by atoms with Crippen LogP contribution in [0.25, 0.3) is 10.2 Å². The third kappa shape index (κ3) is 4.59. The van der Waals surface area contributed by atoms with E-state index in [1.807, 2.05) is 24.3 Å². The number of ether oxygens (including phenoxy) is 2. The fourth-order valence-corrected chi connectivity index (χ4v) is 3.54. The molecule has 0 saturated heterocycles. The summed E-state index contributed by atoms with van der Waals surface area (Å²) in [6.07, 6.45) is 5.80. The molecule has 0 atom stereocenters. The predicted octanol–water partition coefficient (Wildman–Crippen LogP) is 4.48. The SMILES string of the molecule is CCCOc1ccc(/C=N\n2cnc3sc(CC)cc3c2=O)c(OCCC)c1. The Bertz CT molecular complexity index is 1020. The zero-order chi connectivity index (χ0) is 19.9. The number of fused-ring (bicyclic) bond motifs is 1. The zero-order valence-electron chi connectivity index (χ0n) is 16.5. The molecule has 7 heteroatoms. The molecule has 0 saturated carbocycles. The Hall–Kier alpha value is -2.67. The number of rotatable bonds is 9. The molecule has 0 spiro atoms. The molecule has 2 heterocycles. The van der Waals surface area contributed by atoms with Crippen LogP contribution in [0.1, 0.15) is 44.1 Å². The first-order valence-electron chi connectivity index (χ1n) is 9.60. The molecule has 3 rings (SSSR count). The topological polar surface area (TPSA) is 65.7 Å². The highest BCUT2D eigenvalue weighted by Crippen LogP contribution is 2.25. The first kappa shape index (κ1) is 20.1. The van der Waals surface area contributed by atoms with Gasteiger partial charge >= 0.3 is 0 Å². The van der Waals surface area contributed by atoms with Crippen LogP contribution < -0.4 is 15.0 Å². The molecule has 3 aromatic rings. The van der Waals surface area contributed by atoms with Gasteiger partial charge in [-0.25, -0.2) is 4.98 Å². The third-order valence-corrected chi connectivity index (χ3v) is 5.26. The van der Waals surface area contributed by atoms with Crippen molar-refractivity contribution in [1.29, 1.82) is 0 Å². The van der Waals surface area contributed by atoms with E-state index in [1.165, 1.54) is 11.0 Å². The predicted molar refractivity (Wildman–Crippen MR) is 114 cm³/mol. The first-order chi connectivity index (χ1) is 13.7. The second-order valence-electron chi connectivity index (χ2n) is 6.32. The number of aromatic nitrogens is 2. The van der Waals surface area contributed by atoms with Gasteiger partial charge in [0, 0.05) is 16.5 Å². The minimum Gasteiger partial charge on any atom is -0.493 e. The van der Waals surface area contributed by atoms with E-state index in [0.717, 1.165) is 40.3 Å². The van der Waals surface area contributed by atoms with Crippen molar-refractivity contribution in [2.45, 2.75) is 40.0 Å². The van der Waals surface area contributed by atoms with Gasteiger partial charge in [0.25, 0.3) is 5.56 Å². The van der Waals surface area contributed by atoms with Crippen LogP contribution in [-0.4, -0.2) is 29.1 Å². The average Bonchev–Trinajstić information content (AvgIpc) is 3.15. The molecule has 0 radical (unpaired) electrons. The summed E-state index contributed by atoms with van der Waals surface area (Å²) in [7, 11) is 0. The Kier molecular flexibility index (Phi) is 6.81. The van der Waals surface area contributed by atoms with E-state index >= 15 is 0 Å². The van der Waals surface area contributed by atoms with Gasteiger partial charge in [-0.2, -0.15) is 9.78 Å². The molecule has 0 amide bonds. The third-order valence-electron chi connectivity index (χ3n) is 4.08. The average molecular weight is 400 g/mol. The van der Waals surface area contributed by atoms with Crippen molar-refractivity contribution in [3.8, 4) is 11.5 Å². The molecule has 0 fully saturated rings. The molecule has 0 N–H and O–H groups in total. The molecule has 0 unspecified atom stereocenters. The van der Waals surface area contributed by atoms with Gasteiger partial charge in [0.15, 0.2) is 0 Å². The van der Waals surface area contributed by atoms with Gasteiger partial charge in [0.1, 0.15) is 22.7 Å². The number of hydrogen-bond donors (Lipinski definition) is 0. The number of benzene rings is 1. The van der Waals surface area contributed by atoms with Crippen LogP contribution >= 0.6 is 11.3 Å². The molecule has 148 valence electrons. The van der Waals surface area contributed by atoms with E-state index < -0.39 is 0 Å². The molecule has 0 aliphatic rings. The smallest absolute Gasteiger partial charge is 0.282 e. The molecule has 0 aliphatic carbocycles. The lowest BCUT2D eigenvalue weighted by Crippen LogP contribution is -2.16. The van der Waals surface area contributed by atoms with Crippen LogP contribution in [-0.2, 0) is 6.42 Å². The summed E-state index contributed by atoms with van der Waals surface area (Å²) in [4.78, 5) is 18.9. The monoisotopic (exact) mass is 399 g/mol. The van der Waals surface area contributed by atoms with Crippen LogP contribution in [0.2, 0.25) is 0 Å². The largest absolute Gasteiger partial charge is 0.493 e. The highest BCUT2D eigenvalue weighted by atomic mass is 32.1. The molecule has 0 aliphatic heterocycles. The van der Waals surface area contributed by atoms with E-state index in [0.29, 0.717) is 24.3 Å². The summed E-state index contributed by atoms with van der Waals surface area (Å²) in [5.41, 5.74) is 0.611. The minimum absolute atomic E-state index is 0.170. The van der Waals surface area contributed by atoms with Gasteiger partial charge in [-0.1, -0.05) is 20.8 Å². The van der Waals surface area contributed by atoms with E-state index in [9.17, 15) is 4.79 Å². The summed E-state index contributed by atoms with van der Waals surface area (Å²) in [5.74, 6) is 1.45. The Morgan fingerprint density at radius 2 is 1.93 bits per heavy atom. The number of thiophene rings is 1. The molecule has 2 aromatic heterocycles. The zero-order valence-corrected chi connectivity index (χ0v) is 17.3. The Balaban J connectivity index is 1.91. The second-order valence-corrected chi connectivity index (χ2v) is 7.44. The van der Waals surface area contributed by atoms with Gasteiger partial charge in [-0.05, 0) is 37.5 Å². The fourth-order valence-electron chi connectivity index (χ4n) is 2.61. The standard InChI is InChI=1S/C21H25N3O3S/c1-4-9-26-16-8-7-15(19(11-16)27-10-5-2)13-23-24-14-22-20-18(21(24)25)12-17(6-3)28-20/h7-8,11-14H,4-6,9-10H2,1-3H3/b23-13-. The van der Waals surface area contributed by atoms with Gasteiger partial charge in [0.05, 0.1) is 24.8 Å². The van der Waals surface area contributed by atoms with Crippen LogP contribution in [0.5, 0.6) is 11.5 Å². The van der Waals surface area contributed by atoms with Gasteiger partial charge in [0.2, 0.25) is 0 Å². The normalized spacial score (nSPS) is 11.4. The van der Waals surface area contributed by atoms with Crippen molar-refractivity contribution < 1.29 is 9.47 Å². The maximum absolute atomic E-state index is 12.7. The highest BCUT2D eigenvalue weighted by Gasteiger charge is 2.09. The molecule has 6 nitrogen and oxygen atoms in total. The van der Waals surface area contributed by atoms with Gasteiger partial charge in [-0.3, -0.25) is 4.79 Å². The van der Waals surface area contributed by atoms with Crippen LogP contribution in [0, 0.1) is 0 Å². The Labute approximate surface area is 168 Å². The fraction of sp³-hybridized carbons (Fsp3) is 0.381. The van der Waals surface area contributed by atoms with E-state index in [2.05, 4.69) is 30.9 Å². The van der Waals surface area contributed by atoms with E-state index in [4.69, 9.17) is 9.47 Å². The van der Waals surface area contributed by atoms with E-state index in [-0.39, 0.29) is 5.56 Å². The van der Waals surface area contributed by atoms with Crippen LogP contribution in [0.4, 0.5) is 0 Å². The summed E-state index contributed by atoms with van der Waals surface area (Å²) >= 11 is 1.54. The maximum atomic E-state index is 12.7. The Morgan fingerprint density at radius 3 is 2.68 bits per heavy atom. The Morgan fingerprint density at radius 1 is 1.14 bits per heavy atom. The molecular formula is C21H25N3O3S. The first-order valence-corrected chi connectivity index (χ1v) is 10.4. The van der Waals surface area contributed by atoms with Crippen LogP contribution in [0.3, 0.4) is 0 Å². The van der Waals surface area contributed by atoms with Crippen molar-refractivity contribution in [2.75, 3.05) is 13.2 Å². The van der Waals surface area contributed by atoms with Crippen molar-refractivity contribution in [3.63, 3.8) is 0 Å². The van der Waals surface area contributed by atoms with Gasteiger partial charge < -0.3 is 9.47 Å². The maximum Gasteiger partial charge on any atom is 0.282 e. The van der Waals surface area contributed by atoms with Crippen LogP contribution in [0.15, 0.2) is 40.5 Å². The number of hydrogen-bond acceptors (Lipinski definition) is 6. The summed E-state index contributed by atoms with van der Waals surface area (Å²) in [6, 6.07) is 7.53. The lowest BCUT2D eigenvalue weighted by atomic mass is 10.2. The van der Waals surface area contributed by atoms with Crippen molar-refractivity contribution >= 4 is 27.8 Å². The van der Waals surface area contributed by atoms with Crippen molar-refractivity contribution in [1.82, 2.24) is 9.66 Å². The lowest BCUT2D eigenvalue weighted by Gasteiger charge is -2.11.